The number of nitrogens with one attached hydrogen (secondary N) is 2. The highest BCUT2D eigenvalue weighted by Gasteiger charge is 2.42. The Hall–Kier alpha value is -1.79. The highest BCUT2D eigenvalue weighted by atomic mass is 16.4. The number of nitrogens with two attached hydrogens (primary N) is 1. The summed E-state index contributed by atoms with van der Waals surface area (Å²) < 4.78 is 0. The van der Waals surface area contributed by atoms with Gasteiger partial charge in [0.25, 0.3) is 0 Å². The monoisotopic (exact) mass is 285 g/mol. The summed E-state index contributed by atoms with van der Waals surface area (Å²) in [5.74, 6) is -1.38. The van der Waals surface area contributed by atoms with Crippen LogP contribution in [0, 0.1) is 5.92 Å². The van der Waals surface area contributed by atoms with E-state index in [9.17, 15) is 14.4 Å². The van der Waals surface area contributed by atoms with E-state index < -0.39 is 23.6 Å². The van der Waals surface area contributed by atoms with Crippen molar-refractivity contribution in [3.8, 4) is 0 Å². The fourth-order valence-electron chi connectivity index (χ4n) is 2.43. The van der Waals surface area contributed by atoms with Crippen LogP contribution in [0.1, 0.15) is 46.0 Å². The first-order valence-corrected chi connectivity index (χ1v) is 6.89. The lowest BCUT2D eigenvalue weighted by atomic mass is 9.74. The van der Waals surface area contributed by atoms with Gasteiger partial charge in [0, 0.05) is 0 Å². The SMILES string of the molecule is CCC(C)C(NC(N)=O)C(=O)NC1(CC(=O)O)CCC1. The average molecular weight is 285 g/mol. The van der Waals surface area contributed by atoms with Crippen LogP contribution in [-0.4, -0.2) is 34.6 Å². The Bertz CT molecular complexity index is 393. The molecule has 0 bridgehead atoms. The average Bonchev–Trinajstić information content (AvgIpc) is 2.31. The number of carbonyl (C=O) groups excluding carboxylic acids is 2. The van der Waals surface area contributed by atoms with Gasteiger partial charge in [-0.05, 0) is 25.2 Å². The Morgan fingerprint density at radius 1 is 1.35 bits per heavy atom. The zero-order valence-corrected chi connectivity index (χ0v) is 11.9. The lowest BCUT2D eigenvalue weighted by Crippen LogP contribution is -2.61. The molecule has 0 spiro atoms. The first kappa shape index (κ1) is 16.3. The number of hydrogen-bond acceptors (Lipinski definition) is 3. The summed E-state index contributed by atoms with van der Waals surface area (Å²) in [5, 5.41) is 14.2. The smallest absolute Gasteiger partial charge is 0.312 e. The van der Waals surface area contributed by atoms with Gasteiger partial charge in [-0.15, -0.1) is 0 Å². The van der Waals surface area contributed by atoms with E-state index in [1.165, 1.54) is 0 Å². The van der Waals surface area contributed by atoms with Crippen molar-refractivity contribution in [1.29, 1.82) is 0 Å². The van der Waals surface area contributed by atoms with E-state index in [-0.39, 0.29) is 18.2 Å². The van der Waals surface area contributed by atoms with Crippen molar-refractivity contribution in [2.24, 2.45) is 11.7 Å². The topological polar surface area (TPSA) is 122 Å². The molecule has 1 aliphatic carbocycles. The maximum atomic E-state index is 12.3. The third kappa shape index (κ3) is 4.11. The molecule has 20 heavy (non-hydrogen) atoms. The summed E-state index contributed by atoms with van der Waals surface area (Å²) in [5.41, 5.74) is 4.42. The van der Waals surface area contributed by atoms with Gasteiger partial charge < -0.3 is 21.5 Å². The molecule has 2 atom stereocenters. The molecule has 3 amide bonds. The standard InChI is InChI=1S/C13H23N3O4/c1-3-8(2)10(15-12(14)20)11(19)16-13(5-4-6-13)7-9(17)18/h8,10H,3-7H2,1-2H3,(H,16,19)(H,17,18)(H3,14,15,20). The highest BCUT2D eigenvalue weighted by Crippen LogP contribution is 2.35. The zero-order valence-electron chi connectivity index (χ0n) is 11.9. The van der Waals surface area contributed by atoms with Crippen LogP contribution in [-0.2, 0) is 9.59 Å². The summed E-state index contributed by atoms with van der Waals surface area (Å²) in [6.07, 6.45) is 2.79. The second kappa shape index (κ2) is 6.58. The minimum atomic E-state index is -0.937. The van der Waals surface area contributed by atoms with E-state index >= 15 is 0 Å². The molecular formula is C13H23N3O4. The van der Waals surface area contributed by atoms with Crippen LogP contribution < -0.4 is 16.4 Å². The van der Waals surface area contributed by atoms with Crippen molar-refractivity contribution in [1.82, 2.24) is 10.6 Å². The van der Waals surface area contributed by atoms with Crippen LogP contribution in [0.25, 0.3) is 0 Å². The van der Waals surface area contributed by atoms with E-state index in [1.807, 2.05) is 13.8 Å². The molecule has 1 fully saturated rings. The maximum absolute atomic E-state index is 12.3. The Balaban J connectivity index is 2.73. The largest absolute Gasteiger partial charge is 0.481 e. The summed E-state index contributed by atoms with van der Waals surface area (Å²) in [6.45, 7) is 3.74. The van der Waals surface area contributed by atoms with Gasteiger partial charge in [0.15, 0.2) is 0 Å². The first-order chi connectivity index (χ1) is 9.29. The summed E-state index contributed by atoms with van der Waals surface area (Å²) in [7, 11) is 0. The molecule has 114 valence electrons. The van der Waals surface area contributed by atoms with E-state index in [1.54, 1.807) is 0 Å². The van der Waals surface area contributed by atoms with E-state index in [0.717, 1.165) is 6.42 Å². The van der Waals surface area contributed by atoms with Gasteiger partial charge in [-0.2, -0.15) is 0 Å². The lowest BCUT2D eigenvalue weighted by Gasteiger charge is -2.42. The van der Waals surface area contributed by atoms with Crippen molar-refractivity contribution >= 4 is 17.9 Å². The number of carboxylic acid groups (broad SMARTS) is 1. The first-order valence-electron chi connectivity index (χ1n) is 6.89. The summed E-state index contributed by atoms with van der Waals surface area (Å²) in [6, 6.07) is -1.49. The molecule has 2 unspecified atom stereocenters. The van der Waals surface area contributed by atoms with Gasteiger partial charge in [-0.1, -0.05) is 20.3 Å². The van der Waals surface area contributed by atoms with Crippen LogP contribution in [0.2, 0.25) is 0 Å². The normalized spacial score (nSPS) is 19.3. The van der Waals surface area contributed by atoms with Crippen molar-refractivity contribution < 1.29 is 19.5 Å². The second-order valence-corrected chi connectivity index (χ2v) is 5.57. The molecule has 5 N–H and O–H groups in total. The number of urea groups is 1. The van der Waals surface area contributed by atoms with Crippen LogP contribution in [0.15, 0.2) is 0 Å². The van der Waals surface area contributed by atoms with Crippen molar-refractivity contribution in [3.63, 3.8) is 0 Å². The molecule has 0 aliphatic heterocycles. The molecular weight excluding hydrogens is 262 g/mol. The Labute approximate surface area is 118 Å². The molecule has 1 aliphatic rings. The fraction of sp³-hybridized carbons (Fsp3) is 0.769. The van der Waals surface area contributed by atoms with Crippen molar-refractivity contribution in [3.05, 3.63) is 0 Å². The Kier molecular flexibility index (Phi) is 5.35. The molecule has 1 rings (SSSR count). The highest BCUT2D eigenvalue weighted by molar-refractivity contribution is 5.87. The van der Waals surface area contributed by atoms with E-state index in [2.05, 4.69) is 10.6 Å². The minimum Gasteiger partial charge on any atom is -0.481 e. The van der Waals surface area contributed by atoms with E-state index in [0.29, 0.717) is 19.3 Å². The molecule has 0 heterocycles. The molecule has 0 saturated heterocycles. The fourth-order valence-corrected chi connectivity index (χ4v) is 2.43. The predicted octanol–water partition coefficient (Wildman–Crippen LogP) is 0.583. The van der Waals surface area contributed by atoms with Crippen molar-refractivity contribution in [2.75, 3.05) is 0 Å². The van der Waals surface area contributed by atoms with Gasteiger partial charge in [0.1, 0.15) is 6.04 Å². The lowest BCUT2D eigenvalue weighted by molar-refractivity contribution is -0.140. The van der Waals surface area contributed by atoms with Crippen LogP contribution in [0.5, 0.6) is 0 Å². The molecule has 0 aromatic heterocycles. The van der Waals surface area contributed by atoms with Gasteiger partial charge in [-0.3, -0.25) is 9.59 Å². The maximum Gasteiger partial charge on any atom is 0.312 e. The summed E-state index contributed by atoms with van der Waals surface area (Å²) in [4.78, 5) is 34.2. The minimum absolute atomic E-state index is 0.0792. The quantitative estimate of drug-likeness (QED) is 0.546. The molecule has 0 radical (unpaired) electrons. The molecule has 0 aromatic carbocycles. The van der Waals surface area contributed by atoms with Crippen LogP contribution >= 0.6 is 0 Å². The number of primary amides is 1. The third-order valence-corrected chi connectivity index (χ3v) is 3.98. The van der Waals surface area contributed by atoms with E-state index in [4.69, 9.17) is 10.8 Å². The molecule has 1 saturated carbocycles. The van der Waals surface area contributed by atoms with Crippen molar-refractivity contribution in [2.45, 2.75) is 57.5 Å². The van der Waals surface area contributed by atoms with Gasteiger partial charge in [0.2, 0.25) is 5.91 Å². The number of carboxylic acids is 1. The predicted molar refractivity (Wildman–Crippen MR) is 72.9 cm³/mol. The van der Waals surface area contributed by atoms with Gasteiger partial charge in [-0.25, -0.2) is 4.79 Å². The number of hydrogen-bond donors (Lipinski definition) is 4. The number of carbonyl (C=O) groups is 3. The second-order valence-electron chi connectivity index (χ2n) is 5.57. The number of rotatable bonds is 7. The molecule has 7 heteroatoms. The van der Waals surface area contributed by atoms with Gasteiger partial charge in [0.05, 0.1) is 12.0 Å². The zero-order chi connectivity index (χ0) is 15.3. The van der Waals surface area contributed by atoms with Crippen LogP contribution in [0.3, 0.4) is 0 Å². The summed E-state index contributed by atoms with van der Waals surface area (Å²) >= 11 is 0. The third-order valence-electron chi connectivity index (χ3n) is 3.98. The Morgan fingerprint density at radius 2 is 1.95 bits per heavy atom. The Morgan fingerprint density at radius 3 is 2.30 bits per heavy atom. The van der Waals surface area contributed by atoms with Gasteiger partial charge >= 0.3 is 12.0 Å². The van der Waals surface area contributed by atoms with Crippen LogP contribution in [0.4, 0.5) is 4.79 Å². The molecule has 0 aromatic rings. The molecule has 7 nitrogen and oxygen atoms in total. The number of amides is 3. The number of aliphatic carboxylic acids is 1.